The smallest absolute Gasteiger partial charge is 0.280 e. The van der Waals surface area contributed by atoms with Gasteiger partial charge in [-0.1, -0.05) is 30.3 Å². The van der Waals surface area contributed by atoms with Crippen LogP contribution in [0.5, 0.6) is 5.75 Å². The number of rotatable bonds is 7. The second-order valence-corrected chi connectivity index (χ2v) is 7.20. The van der Waals surface area contributed by atoms with Crippen LogP contribution in [0.4, 0.5) is 5.69 Å². The van der Waals surface area contributed by atoms with Crippen molar-refractivity contribution in [2.75, 3.05) is 14.2 Å². The predicted molar refractivity (Wildman–Crippen MR) is 95.5 cm³/mol. The number of hydrogen-bond donors (Lipinski definition) is 0. The van der Waals surface area contributed by atoms with E-state index in [1.165, 1.54) is 42.7 Å². The van der Waals surface area contributed by atoms with Gasteiger partial charge in [-0.15, -0.1) is 0 Å². The van der Waals surface area contributed by atoms with Crippen LogP contribution in [0.2, 0.25) is 0 Å². The molecule has 8 heteroatoms. The van der Waals surface area contributed by atoms with E-state index in [9.17, 15) is 18.5 Å². The van der Waals surface area contributed by atoms with Gasteiger partial charge < -0.3 is 4.74 Å². The quantitative estimate of drug-likeness (QED) is 0.558. The molecule has 0 saturated heterocycles. The third-order valence-corrected chi connectivity index (χ3v) is 5.01. The molecule has 0 saturated carbocycles. The molecule has 132 valence electrons. The summed E-state index contributed by atoms with van der Waals surface area (Å²) in [6, 6.07) is 13.4. The van der Waals surface area contributed by atoms with Gasteiger partial charge in [0.05, 0.1) is 23.7 Å². The second-order valence-electron chi connectivity index (χ2n) is 5.27. The Morgan fingerprint density at radius 1 is 1.20 bits per heavy atom. The van der Waals surface area contributed by atoms with E-state index in [2.05, 4.69) is 0 Å². The molecule has 0 heterocycles. The van der Waals surface area contributed by atoms with Gasteiger partial charge in [0.25, 0.3) is 5.69 Å². The standard InChI is InChI=1S/C17H18N2O5S/c1-18(13-14-6-4-3-5-7-14)25(22,23)11-10-15-8-9-16(24-2)12-17(15)19(20)21/h3-12H,13H2,1-2H3/b11-10+. The predicted octanol–water partition coefficient (Wildman–Crippen LogP) is 3.04. The van der Waals surface area contributed by atoms with Gasteiger partial charge in [0, 0.05) is 19.0 Å². The zero-order valence-electron chi connectivity index (χ0n) is 13.8. The Balaban J connectivity index is 2.23. The van der Waals surface area contributed by atoms with E-state index in [-0.39, 0.29) is 17.8 Å². The van der Waals surface area contributed by atoms with Crippen LogP contribution >= 0.6 is 0 Å². The van der Waals surface area contributed by atoms with Crippen molar-refractivity contribution in [1.82, 2.24) is 4.31 Å². The molecule has 0 fully saturated rings. The summed E-state index contributed by atoms with van der Waals surface area (Å²) in [6.45, 7) is 0.207. The van der Waals surface area contributed by atoms with Crippen LogP contribution in [0.3, 0.4) is 0 Å². The van der Waals surface area contributed by atoms with Crippen molar-refractivity contribution < 1.29 is 18.1 Å². The summed E-state index contributed by atoms with van der Waals surface area (Å²) in [7, 11) is -0.862. The summed E-state index contributed by atoms with van der Waals surface area (Å²) in [5.41, 5.74) is 0.802. The molecule has 2 aromatic carbocycles. The van der Waals surface area contributed by atoms with Crippen LogP contribution in [-0.4, -0.2) is 31.8 Å². The van der Waals surface area contributed by atoms with Gasteiger partial charge in [0.15, 0.2) is 0 Å². The van der Waals surface area contributed by atoms with E-state index >= 15 is 0 Å². The van der Waals surface area contributed by atoms with Crippen LogP contribution in [0.25, 0.3) is 6.08 Å². The molecule has 0 unspecified atom stereocenters. The minimum absolute atomic E-state index is 0.183. The number of ether oxygens (including phenoxy) is 1. The highest BCUT2D eigenvalue weighted by Gasteiger charge is 2.17. The van der Waals surface area contributed by atoms with Gasteiger partial charge in [-0.25, -0.2) is 8.42 Å². The molecule has 25 heavy (non-hydrogen) atoms. The maximum Gasteiger partial charge on any atom is 0.280 e. The van der Waals surface area contributed by atoms with Crippen molar-refractivity contribution in [3.05, 3.63) is 75.2 Å². The molecule has 0 amide bonds. The Morgan fingerprint density at radius 3 is 2.48 bits per heavy atom. The monoisotopic (exact) mass is 362 g/mol. The highest BCUT2D eigenvalue weighted by atomic mass is 32.2. The Labute approximate surface area is 146 Å². The molecule has 0 radical (unpaired) electrons. The molecule has 2 rings (SSSR count). The third kappa shape index (κ3) is 4.88. The van der Waals surface area contributed by atoms with Gasteiger partial charge >= 0.3 is 0 Å². The number of hydrogen-bond acceptors (Lipinski definition) is 5. The average molecular weight is 362 g/mol. The zero-order chi connectivity index (χ0) is 18.4. The molecule has 0 aliphatic rings. The van der Waals surface area contributed by atoms with Crippen molar-refractivity contribution in [3.63, 3.8) is 0 Å². The van der Waals surface area contributed by atoms with Crippen LogP contribution in [-0.2, 0) is 16.6 Å². The molecule has 0 aliphatic heterocycles. The summed E-state index contributed by atoms with van der Waals surface area (Å²) < 4.78 is 30.8. The lowest BCUT2D eigenvalue weighted by atomic mass is 10.2. The van der Waals surface area contributed by atoms with Gasteiger partial charge in [-0.05, 0) is 23.8 Å². The number of methoxy groups -OCH3 is 1. The number of benzene rings is 2. The fraction of sp³-hybridized carbons (Fsp3) is 0.176. The van der Waals surface area contributed by atoms with E-state index in [0.29, 0.717) is 5.75 Å². The minimum atomic E-state index is -3.72. The van der Waals surface area contributed by atoms with Gasteiger partial charge in [0.1, 0.15) is 5.75 Å². The highest BCUT2D eigenvalue weighted by molar-refractivity contribution is 7.92. The van der Waals surface area contributed by atoms with Gasteiger partial charge in [0.2, 0.25) is 10.0 Å². The maximum atomic E-state index is 12.4. The first-order valence-corrected chi connectivity index (χ1v) is 8.84. The molecular weight excluding hydrogens is 344 g/mol. The lowest BCUT2D eigenvalue weighted by molar-refractivity contribution is -0.385. The van der Waals surface area contributed by atoms with Crippen LogP contribution in [0.15, 0.2) is 53.9 Å². The first kappa shape index (κ1) is 18.6. The van der Waals surface area contributed by atoms with Crippen molar-refractivity contribution >= 4 is 21.8 Å². The van der Waals surface area contributed by atoms with Gasteiger partial charge in [-0.3, -0.25) is 10.1 Å². The zero-order valence-corrected chi connectivity index (χ0v) is 14.6. The molecule has 7 nitrogen and oxygen atoms in total. The van der Waals surface area contributed by atoms with Crippen molar-refractivity contribution in [2.24, 2.45) is 0 Å². The Morgan fingerprint density at radius 2 is 1.88 bits per heavy atom. The van der Waals surface area contributed by atoms with E-state index in [1.807, 2.05) is 30.3 Å². The summed E-state index contributed by atoms with van der Waals surface area (Å²) >= 11 is 0. The van der Waals surface area contributed by atoms with Crippen LogP contribution in [0.1, 0.15) is 11.1 Å². The minimum Gasteiger partial charge on any atom is -0.497 e. The first-order chi connectivity index (χ1) is 11.8. The number of nitro benzene ring substituents is 1. The fourth-order valence-electron chi connectivity index (χ4n) is 2.14. The molecular formula is C17H18N2O5S. The lowest BCUT2D eigenvalue weighted by Crippen LogP contribution is -2.24. The lowest BCUT2D eigenvalue weighted by Gasteiger charge is -2.14. The van der Waals surface area contributed by atoms with E-state index < -0.39 is 14.9 Å². The van der Waals surface area contributed by atoms with E-state index in [4.69, 9.17) is 4.74 Å². The Kier molecular flexibility index (Phi) is 5.89. The number of nitrogens with zero attached hydrogens (tertiary/aromatic N) is 2. The average Bonchev–Trinajstić information content (AvgIpc) is 2.60. The first-order valence-electron chi connectivity index (χ1n) is 7.34. The normalized spacial score (nSPS) is 11.8. The number of nitro groups is 1. The summed E-state index contributed by atoms with van der Waals surface area (Å²) in [5, 5.41) is 12.1. The summed E-state index contributed by atoms with van der Waals surface area (Å²) in [4.78, 5) is 10.6. The molecule has 0 bridgehead atoms. The molecule has 2 aromatic rings. The fourth-order valence-corrected chi connectivity index (χ4v) is 3.00. The second kappa shape index (κ2) is 7.91. The molecule has 0 atom stereocenters. The van der Waals surface area contributed by atoms with E-state index in [1.54, 1.807) is 0 Å². The van der Waals surface area contributed by atoms with Crippen LogP contribution in [0, 0.1) is 10.1 Å². The van der Waals surface area contributed by atoms with Crippen molar-refractivity contribution in [3.8, 4) is 5.75 Å². The van der Waals surface area contributed by atoms with Gasteiger partial charge in [-0.2, -0.15) is 4.31 Å². The van der Waals surface area contributed by atoms with Crippen molar-refractivity contribution in [2.45, 2.75) is 6.54 Å². The summed E-state index contributed by atoms with van der Waals surface area (Å²) in [5.74, 6) is 0.327. The Bertz CT molecular complexity index is 879. The number of sulfonamides is 1. The van der Waals surface area contributed by atoms with E-state index in [0.717, 1.165) is 11.0 Å². The third-order valence-electron chi connectivity index (χ3n) is 3.54. The largest absolute Gasteiger partial charge is 0.497 e. The molecule has 0 aromatic heterocycles. The van der Waals surface area contributed by atoms with Crippen molar-refractivity contribution in [1.29, 1.82) is 0 Å². The molecule has 0 spiro atoms. The maximum absolute atomic E-state index is 12.4. The van der Waals surface area contributed by atoms with Crippen LogP contribution < -0.4 is 4.74 Å². The summed E-state index contributed by atoms with van der Waals surface area (Å²) in [6.07, 6.45) is 1.22. The highest BCUT2D eigenvalue weighted by Crippen LogP contribution is 2.26. The Hall–Kier alpha value is -2.71. The topological polar surface area (TPSA) is 89.8 Å². The molecule has 0 aliphatic carbocycles. The molecule has 0 N–H and O–H groups in total. The SMILES string of the molecule is COc1ccc(/C=C/S(=O)(=O)N(C)Cc2ccccc2)c([N+](=O)[O-])c1.